The lowest BCUT2D eigenvalue weighted by Gasteiger charge is -2.30. The van der Waals surface area contributed by atoms with E-state index in [1.165, 1.54) is 10.4 Å². The van der Waals surface area contributed by atoms with Crippen molar-refractivity contribution in [2.45, 2.75) is 17.1 Å². The summed E-state index contributed by atoms with van der Waals surface area (Å²) in [6.07, 6.45) is 1.40. The van der Waals surface area contributed by atoms with Crippen LogP contribution in [0.2, 0.25) is 4.34 Å². The average Bonchev–Trinajstić information content (AvgIpc) is 2.85. The molecule has 1 saturated heterocycles. The van der Waals surface area contributed by atoms with E-state index in [9.17, 15) is 8.42 Å². The molecule has 0 amide bonds. The maximum Gasteiger partial charge on any atom is 0.252 e. The quantitative estimate of drug-likeness (QED) is 0.382. The van der Waals surface area contributed by atoms with E-state index in [-0.39, 0.29) is 22.5 Å². The molecule has 106 valence electrons. The Bertz CT molecular complexity index is 585. The van der Waals surface area contributed by atoms with Gasteiger partial charge in [0.2, 0.25) is 0 Å². The predicted molar refractivity (Wildman–Crippen MR) is 74.2 cm³/mol. The highest BCUT2D eigenvalue weighted by atomic mass is 35.5. The van der Waals surface area contributed by atoms with Gasteiger partial charge in [0.25, 0.3) is 10.0 Å². The summed E-state index contributed by atoms with van der Waals surface area (Å²) in [6, 6.07) is 3.06. The third-order valence-electron chi connectivity index (χ3n) is 3.06. The number of oxime groups is 1. The highest BCUT2D eigenvalue weighted by Crippen LogP contribution is 2.30. The molecule has 1 aliphatic heterocycles. The summed E-state index contributed by atoms with van der Waals surface area (Å²) in [6.45, 7) is 0.667. The molecule has 0 spiro atoms. The molecule has 1 aliphatic rings. The number of piperidine rings is 1. The van der Waals surface area contributed by atoms with Crippen LogP contribution in [0.4, 0.5) is 0 Å². The average molecular weight is 324 g/mol. The number of sulfonamides is 1. The molecule has 0 aliphatic carbocycles. The summed E-state index contributed by atoms with van der Waals surface area (Å²) in [5.41, 5.74) is 5.56. The lowest BCUT2D eigenvalue weighted by atomic mass is 9.99. The van der Waals surface area contributed by atoms with Crippen LogP contribution in [0.15, 0.2) is 21.5 Å². The first-order valence-electron chi connectivity index (χ1n) is 5.68. The topological polar surface area (TPSA) is 96.0 Å². The van der Waals surface area contributed by atoms with Crippen molar-refractivity contribution in [1.82, 2.24) is 4.31 Å². The molecule has 0 radical (unpaired) electrons. The molecule has 3 N–H and O–H groups in total. The van der Waals surface area contributed by atoms with E-state index in [1.54, 1.807) is 6.07 Å². The van der Waals surface area contributed by atoms with Gasteiger partial charge in [-0.3, -0.25) is 0 Å². The molecule has 1 aromatic heterocycles. The third kappa shape index (κ3) is 3.02. The smallest absolute Gasteiger partial charge is 0.252 e. The van der Waals surface area contributed by atoms with Crippen LogP contribution in [0.25, 0.3) is 0 Å². The Hall–Kier alpha value is -0.830. The molecule has 0 saturated carbocycles. The van der Waals surface area contributed by atoms with Crippen molar-refractivity contribution >= 4 is 38.8 Å². The zero-order valence-electron chi connectivity index (χ0n) is 9.99. The van der Waals surface area contributed by atoms with Gasteiger partial charge in [-0.05, 0) is 25.0 Å². The van der Waals surface area contributed by atoms with Gasteiger partial charge in [0.15, 0.2) is 0 Å². The van der Waals surface area contributed by atoms with Gasteiger partial charge in [0.05, 0.1) is 4.34 Å². The molecule has 0 bridgehead atoms. The number of nitrogens with two attached hydrogens (primary N) is 1. The van der Waals surface area contributed by atoms with Crippen LogP contribution >= 0.6 is 22.9 Å². The highest BCUT2D eigenvalue weighted by molar-refractivity contribution is 7.91. The van der Waals surface area contributed by atoms with Gasteiger partial charge in [-0.1, -0.05) is 16.8 Å². The van der Waals surface area contributed by atoms with Gasteiger partial charge in [-0.15, -0.1) is 11.3 Å². The molecule has 1 atom stereocenters. The molecular weight excluding hydrogens is 310 g/mol. The van der Waals surface area contributed by atoms with Crippen molar-refractivity contribution in [2.24, 2.45) is 16.8 Å². The minimum atomic E-state index is -3.54. The summed E-state index contributed by atoms with van der Waals surface area (Å²) in [7, 11) is -3.54. The number of rotatable bonds is 3. The summed E-state index contributed by atoms with van der Waals surface area (Å²) < 4.78 is 26.8. The minimum Gasteiger partial charge on any atom is -0.409 e. The maximum absolute atomic E-state index is 12.4. The maximum atomic E-state index is 12.4. The fourth-order valence-electron chi connectivity index (χ4n) is 2.05. The Morgan fingerprint density at radius 2 is 2.32 bits per heavy atom. The summed E-state index contributed by atoms with van der Waals surface area (Å²) in [5.74, 6) is -0.173. The SMILES string of the molecule is NC(=NO)C1CCCN(S(=O)(=O)c2ccc(Cl)s2)C1. The molecule has 19 heavy (non-hydrogen) atoms. The fourth-order valence-corrected chi connectivity index (χ4v) is 5.21. The van der Waals surface area contributed by atoms with Gasteiger partial charge >= 0.3 is 0 Å². The second-order valence-electron chi connectivity index (χ2n) is 4.29. The molecule has 9 heteroatoms. The van der Waals surface area contributed by atoms with Crippen LogP contribution in [0.3, 0.4) is 0 Å². The number of thiophene rings is 1. The van der Waals surface area contributed by atoms with Crippen LogP contribution in [-0.4, -0.2) is 36.9 Å². The lowest BCUT2D eigenvalue weighted by molar-refractivity contribution is 0.287. The number of hydrogen-bond acceptors (Lipinski definition) is 5. The van der Waals surface area contributed by atoms with E-state index < -0.39 is 10.0 Å². The van der Waals surface area contributed by atoms with Crippen molar-refractivity contribution < 1.29 is 13.6 Å². The second kappa shape index (κ2) is 5.66. The van der Waals surface area contributed by atoms with E-state index in [4.69, 9.17) is 22.5 Å². The normalized spacial score (nSPS) is 22.6. The number of nitrogens with zero attached hydrogens (tertiary/aromatic N) is 2. The Kier molecular flexibility index (Phi) is 4.34. The Balaban J connectivity index is 2.21. The molecule has 1 unspecified atom stereocenters. The highest BCUT2D eigenvalue weighted by Gasteiger charge is 2.32. The van der Waals surface area contributed by atoms with Crippen molar-refractivity contribution in [3.05, 3.63) is 16.5 Å². The van der Waals surface area contributed by atoms with E-state index in [0.717, 1.165) is 11.3 Å². The largest absolute Gasteiger partial charge is 0.409 e. The number of halogens is 1. The van der Waals surface area contributed by atoms with Gasteiger partial charge in [-0.2, -0.15) is 4.31 Å². The first-order chi connectivity index (χ1) is 8.95. The van der Waals surface area contributed by atoms with Gasteiger partial charge in [0.1, 0.15) is 10.0 Å². The van der Waals surface area contributed by atoms with Crippen LogP contribution < -0.4 is 5.73 Å². The van der Waals surface area contributed by atoms with Crippen LogP contribution in [-0.2, 0) is 10.0 Å². The van der Waals surface area contributed by atoms with E-state index >= 15 is 0 Å². The molecular formula is C10H14ClN3O3S2. The van der Waals surface area contributed by atoms with E-state index in [0.29, 0.717) is 23.7 Å². The zero-order chi connectivity index (χ0) is 14.0. The second-order valence-corrected chi connectivity index (χ2v) is 8.17. The predicted octanol–water partition coefficient (Wildman–Crippen LogP) is 1.55. The standard InChI is InChI=1S/C10H14ClN3O3S2/c11-8-3-4-9(18-8)19(16,17)14-5-1-2-7(6-14)10(12)13-15/h3-4,7,15H,1-2,5-6H2,(H2,12,13). The zero-order valence-corrected chi connectivity index (χ0v) is 12.4. The molecule has 6 nitrogen and oxygen atoms in total. The summed E-state index contributed by atoms with van der Waals surface area (Å²) in [5, 5.41) is 11.6. The van der Waals surface area contributed by atoms with Crippen molar-refractivity contribution in [3.63, 3.8) is 0 Å². The van der Waals surface area contributed by atoms with Gasteiger partial charge in [0, 0.05) is 19.0 Å². The number of amidine groups is 1. The molecule has 1 aromatic rings. The Morgan fingerprint density at radius 1 is 1.58 bits per heavy atom. The van der Waals surface area contributed by atoms with Crippen LogP contribution in [0.5, 0.6) is 0 Å². The van der Waals surface area contributed by atoms with Gasteiger partial charge < -0.3 is 10.9 Å². The summed E-state index contributed by atoms with van der Waals surface area (Å²) >= 11 is 6.80. The first kappa shape index (κ1) is 14.6. The molecule has 0 aromatic carbocycles. The van der Waals surface area contributed by atoms with Crippen molar-refractivity contribution in [1.29, 1.82) is 0 Å². The molecule has 2 heterocycles. The number of hydrogen-bond donors (Lipinski definition) is 2. The monoisotopic (exact) mass is 323 g/mol. The third-order valence-corrected chi connectivity index (χ3v) is 6.62. The van der Waals surface area contributed by atoms with Crippen LogP contribution in [0, 0.1) is 5.92 Å². The Labute approximate surface area is 120 Å². The van der Waals surface area contributed by atoms with Gasteiger partial charge in [-0.25, -0.2) is 8.42 Å². The van der Waals surface area contributed by atoms with Crippen LogP contribution in [0.1, 0.15) is 12.8 Å². The van der Waals surface area contributed by atoms with E-state index in [1.807, 2.05) is 0 Å². The van der Waals surface area contributed by atoms with Crippen molar-refractivity contribution in [3.8, 4) is 0 Å². The summed E-state index contributed by atoms with van der Waals surface area (Å²) in [4.78, 5) is 0. The Morgan fingerprint density at radius 3 is 2.89 bits per heavy atom. The lowest BCUT2D eigenvalue weighted by Crippen LogP contribution is -2.43. The first-order valence-corrected chi connectivity index (χ1v) is 8.31. The minimum absolute atomic E-state index is 0.0733. The molecule has 1 fully saturated rings. The van der Waals surface area contributed by atoms with Crippen molar-refractivity contribution in [2.75, 3.05) is 13.1 Å². The van der Waals surface area contributed by atoms with E-state index in [2.05, 4.69) is 5.16 Å². The fraction of sp³-hybridized carbons (Fsp3) is 0.500. The molecule has 2 rings (SSSR count).